The first-order valence-electron chi connectivity index (χ1n) is 15.2. The summed E-state index contributed by atoms with van der Waals surface area (Å²) in [5.41, 5.74) is 0. The summed E-state index contributed by atoms with van der Waals surface area (Å²) < 4.78 is 32.8. The second-order valence-corrected chi connectivity index (χ2v) is 12.2. The van der Waals surface area contributed by atoms with Gasteiger partial charge < -0.3 is 19.3 Å². The quantitative estimate of drug-likeness (QED) is 0.0440. The third-order valence-corrected chi connectivity index (χ3v) is 7.34. The first kappa shape index (κ1) is 38.2. The van der Waals surface area contributed by atoms with Crippen LogP contribution in [0.2, 0.25) is 0 Å². The highest BCUT2D eigenvalue weighted by atomic mass is 31.2. The van der Waals surface area contributed by atoms with E-state index in [0.29, 0.717) is 13.2 Å². The Morgan fingerprint density at radius 3 is 1.69 bits per heavy atom. The maximum atomic E-state index is 12.1. The van der Waals surface area contributed by atoms with Gasteiger partial charge in [-0.2, -0.15) is 0 Å². The van der Waals surface area contributed by atoms with Crippen LogP contribution >= 0.6 is 7.82 Å². The van der Waals surface area contributed by atoms with Crippen molar-refractivity contribution in [3.05, 3.63) is 0 Å². The molecule has 0 aliphatic heterocycles. The van der Waals surface area contributed by atoms with Crippen molar-refractivity contribution < 1.29 is 37.6 Å². The van der Waals surface area contributed by atoms with Gasteiger partial charge in [0.05, 0.1) is 19.8 Å². The molecule has 0 aliphatic rings. The van der Waals surface area contributed by atoms with Gasteiger partial charge in [0.25, 0.3) is 0 Å². The molecule has 0 fully saturated rings. The molecule has 0 aromatic carbocycles. The highest BCUT2D eigenvalue weighted by Gasteiger charge is 2.25. The number of hydrogen-bond donors (Lipinski definition) is 1. The smallest absolute Gasteiger partial charge is 0.457 e. The number of nitrogens with zero attached hydrogens (tertiary/aromatic N) is 1. The van der Waals surface area contributed by atoms with Gasteiger partial charge in [0.2, 0.25) is 0 Å². The Morgan fingerprint density at radius 2 is 1.23 bits per heavy atom. The molecule has 0 aromatic rings. The third kappa shape index (κ3) is 28.5. The van der Waals surface area contributed by atoms with Gasteiger partial charge in [-0.25, -0.2) is 4.57 Å². The van der Waals surface area contributed by atoms with Crippen LogP contribution in [0.15, 0.2) is 0 Å². The molecule has 0 aliphatic carbocycles. The lowest BCUT2D eigenvalue weighted by atomic mass is 10.0. The van der Waals surface area contributed by atoms with Crippen molar-refractivity contribution in [1.82, 2.24) is 4.90 Å². The number of phosphoric ester groups is 1. The molecule has 232 valence electrons. The van der Waals surface area contributed by atoms with Crippen LogP contribution in [0.5, 0.6) is 0 Å². The minimum Gasteiger partial charge on any atom is -0.457 e. The summed E-state index contributed by atoms with van der Waals surface area (Å²) in [7, 11) is -0.666. The summed E-state index contributed by atoms with van der Waals surface area (Å²) >= 11 is 0. The highest BCUT2D eigenvalue weighted by Crippen LogP contribution is 2.43. The number of ether oxygens (including phenoxy) is 2. The molecular weight excluding hydrogens is 521 g/mol. The van der Waals surface area contributed by atoms with E-state index < -0.39 is 19.9 Å². The summed E-state index contributed by atoms with van der Waals surface area (Å²) in [6, 6.07) is 0. The Balaban J connectivity index is 3.92. The number of likely N-dealkylation sites (N-methyl/N-ethyl adjacent to an activating group) is 1. The van der Waals surface area contributed by atoms with E-state index in [1.807, 2.05) is 14.1 Å². The van der Waals surface area contributed by atoms with Gasteiger partial charge in [-0.05, 0) is 27.4 Å². The van der Waals surface area contributed by atoms with Gasteiger partial charge in [0.15, 0.2) is 0 Å². The van der Waals surface area contributed by atoms with Gasteiger partial charge in [-0.1, -0.05) is 103 Å². The fourth-order valence-corrected chi connectivity index (χ4v) is 4.81. The number of esters is 1. The van der Waals surface area contributed by atoms with Crippen molar-refractivity contribution in [2.75, 3.05) is 47.1 Å². The van der Waals surface area contributed by atoms with Crippen LogP contribution < -0.4 is 0 Å². The van der Waals surface area contributed by atoms with Crippen LogP contribution in [0.3, 0.4) is 0 Å². The Labute approximate surface area is 238 Å². The summed E-state index contributed by atoms with van der Waals surface area (Å²) in [4.78, 5) is 34.7. The van der Waals surface area contributed by atoms with E-state index in [1.165, 1.54) is 96.8 Å². The largest absolute Gasteiger partial charge is 0.472 e. The molecule has 39 heavy (non-hydrogen) atoms. The first-order valence-corrected chi connectivity index (χ1v) is 16.7. The number of Topliss-reactive ketones (excluding diaryl/α,β-unsaturated/α-hetero) is 1. The van der Waals surface area contributed by atoms with Gasteiger partial charge in [0, 0.05) is 13.2 Å². The summed E-state index contributed by atoms with van der Waals surface area (Å²) in [5.74, 6) is -1.04. The van der Waals surface area contributed by atoms with Crippen molar-refractivity contribution >= 4 is 19.6 Å². The Morgan fingerprint density at radius 1 is 0.744 bits per heavy atom. The predicted molar refractivity (Wildman–Crippen MR) is 156 cm³/mol. The van der Waals surface area contributed by atoms with Gasteiger partial charge >= 0.3 is 13.8 Å². The molecule has 2 atom stereocenters. The molecule has 0 saturated carbocycles. The van der Waals surface area contributed by atoms with E-state index in [4.69, 9.17) is 18.5 Å². The zero-order chi connectivity index (χ0) is 29.2. The Hall–Kier alpha value is -0.830. The molecule has 10 heteroatoms. The molecule has 0 saturated heterocycles. The summed E-state index contributed by atoms with van der Waals surface area (Å²) in [6.45, 7) is 4.17. The lowest BCUT2D eigenvalue weighted by Crippen LogP contribution is -2.29. The molecule has 0 aromatic heterocycles. The number of rotatable bonds is 29. The molecular formula is C29H58NO8P. The number of ketones is 1. The SMILES string of the molecule is CCCCCCCCCCCCCCCCCCOCC(COP(=O)(O)OCCN(C)C)OC(=O)CC(C)=O. The molecule has 0 amide bonds. The van der Waals surface area contributed by atoms with Crippen LogP contribution in [0, 0.1) is 0 Å². The number of unbranched alkanes of at least 4 members (excludes halogenated alkanes) is 15. The van der Waals surface area contributed by atoms with Crippen molar-refractivity contribution in [2.45, 2.75) is 129 Å². The minimum absolute atomic E-state index is 0.0140. The van der Waals surface area contributed by atoms with Crippen molar-refractivity contribution in [2.24, 2.45) is 0 Å². The highest BCUT2D eigenvalue weighted by molar-refractivity contribution is 7.47. The van der Waals surface area contributed by atoms with E-state index in [2.05, 4.69) is 6.92 Å². The normalized spacial score (nSPS) is 13.9. The summed E-state index contributed by atoms with van der Waals surface area (Å²) in [6.07, 6.45) is 19.4. The number of phosphoric acid groups is 1. The number of carbonyl (C=O) groups is 2. The zero-order valence-electron chi connectivity index (χ0n) is 25.3. The van der Waals surface area contributed by atoms with Gasteiger partial charge in [0.1, 0.15) is 18.3 Å². The van der Waals surface area contributed by atoms with Crippen LogP contribution in [0.4, 0.5) is 0 Å². The number of hydrogen-bond acceptors (Lipinski definition) is 8. The van der Waals surface area contributed by atoms with Crippen LogP contribution in [0.1, 0.15) is 123 Å². The van der Waals surface area contributed by atoms with E-state index >= 15 is 0 Å². The average Bonchev–Trinajstić information content (AvgIpc) is 2.85. The maximum Gasteiger partial charge on any atom is 0.472 e. The molecule has 0 radical (unpaired) electrons. The maximum absolute atomic E-state index is 12.1. The van der Waals surface area contributed by atoms with Crippen LogP contribution in [0.25, 0.3) is 0 Å². The van der Waals surface area contributed by atoms with E-state index in [1.54, 1.807) is 4.90 Å². The number of carbonyl (C=O) groups excluding carboxylic acids is 2. The van der Waals surface area contributed by atoms with Gasteiger partial charge in [-0.3, -0.25) is 18.6 Å². The van der Waals surface area contributed by atoms with Crippen molar-refractivity contribution in [3.63, 3.8) is 0 Å². The monoisotopic (exact) mass is 579 g/mol. The second-order valence-electron chi connectivity index (χ2n) is 10.8. The molecule has 0 rings (SSSR count). The third-order valence-electron chi connectivity index (χ3n) is 6.35. The van der Waals surface area contributed by atoms with Crippen molar-refractivity contribution in [3.8, 4) is 0 Å². The summed E-state index contributed by atoms with van der Waals surface area (Å²) in [5, 5.41) is 0. The molecule has 0 spiro atoms. The fourth-order valence-electron chi connectivity index (χ4n) is 4.07. The lowest BCUT2D eigenvalue weighted by Gasteiger charge is -2.20. The van der Waals surface area contributed by atoms with Crippen LogP contribution in [-0.2, 0) is 32.7 Å². The molecule has 1 N–H and O–H groups in total. The predicted octanol–water partition coefficient (Wildman–Crippen LogP) is 6.85. The van der Waals surface area contributed by atoms with Crippen molar-refractivity contribution in [1.29, 1.82) is 0 Å². The van der Waals surface area contributed by atoms with Crippen LogP contribution in [-0.4, -0.2) is 74.7 Å². The minimum atomic E-state index is -4.29. The molecule has 0 heterocycles. The standard InChI is InChI=1S/C29H58NO8P/c1-5-6-7-8-9-10-11-12-13-14-15-16-17-18-19-20-22-35-25-28(38-29(32)24-27(2)31)26-37-39(33,34)36-23-21-30(3)4/h28H,5-26H2,1-4H3,(H,33,34). The zero-order valence-corrected chi connectivity index (χ0v) is 26.2. The first-order chi connectivity index (χ1) is 18.7. The fraction of sp³-hybridized carbons (Fsp3) is 0.931. The lowest BCUT2D eigenvalue weighted by molar-refractivity contribution is -0.155. The van der Waals surface area contributed by atoms with Gasteiger partial charge in [-0.15, -0.1) is 0 Å². The Bertz CT molecular complexity index is 647. The second kappa shape index (κ2) is 26.1. The Kier molecular flexibility index (Phi) is 25.5. The molecule has 0 bridgehead atoms. The molecule has 9 nitrogen and oxygen atoms in total. The topological polar surface area (TPSA) is 112 Å². The van der Waals surface area contributed by atoms with E-state index in [-0.39, 0.29) is 32.0 Å². The van der Waals surface area contributed by atoms with E-state index in [9.17, 15) is 19.0 Å². The molecule has 2 unspecified atom stereocenters. The van der Waals surface area contributed by atoms with E-state index in [0.717, 1.165) is 12.8 Å². The average molecular weight is 580 g/mol.